The van der Waals surface area contributed by atoms with Gasteiger partial charge >= 0.3 is 0 Å². The first-order valence-corrected chi connectivity index (χ1v) is 8.54. The maximum absolute atomic E-state index is 12.5. The number of anilines is 1. The number of para-hydroxylation sites is 1. The van der Waals surface area contributed by atoms with E-state index in [4.69, 9.17) is 5.84 Å². The van der Waals surface area contributed by atoms with E-state index in [9.17, 15) is 19.2 Å². The highest BCUT2D eigenvalue weighted by molar-refractivity contribution is 6.45. The fraction of sp³-hybridized carbons (Fsp3) is 0.444. The molecule has 1 aromatic rings. The fourth-order valence-corrected chi connectivity index (χ4v) is 3.54. The molecule has 1 aliphatic carbocycles. The maximum atomic E-state index is 12.5. The monoisotopic (exact) mass is 343 g/mol. The molecule has 2 fully saturated rings. The van der Waals surface area contributed by atoms with Gasteiger partial charge in [0.1, 0.15) is 5.92 Å². The van der Waals surface area contributed by atoms with Gasteiger partial charge in [-0.05, 0) is 25.0 Å². The van der Waals surface area contributed by atoms with Crippen molar-refractivity contribution in [3.8, 4) is 0 Å². The largest absolute Gasteiger partial charge is 0.297 e. The first-order valence-electron chi connectivity index (χ1n) is 8.54. The van der Waals surface area contributed by atoms with Crippen LogP contribution in [0.2, 0.25) is 0 Å². The van der Waals surface area contributed by atoms with Gasteiger partial charge in [0, 0.05) is 12.5 Å². The molecule has 1 atom stereocenters. The van der Waals surface area contributed by atoms with Gasteiger partial charge in [-0.3, -0.25) is 24.1 Å². The lowest BCUT2D eigenvalue weighted by Crippen LogP contribution is -2.58. The number of nitrogens with two attached hydrogens (primary N) is 1. The van der Waals surface area contributed by atoms with Crippen LogP contribution in [0.5, 0.6) is 0 Å². The van der Waals surface area contributed by atoms with E-state index in [1.807, 2.05) is 0 Å². The minimum absolute atomic E-state index is 0.225. The molecule has 2 aliphatic rings. The number of nitrogens with zero attached hydrogens (tertiary/aromatic N) is 2. The normalized spacial score (nSPS) is 22.2. The zero-order valence-electron chi connectivity index (χ0n) is 13.9. The highest BCUT2D eigenvalue weighted by atomic mass is 16.2. The van der Waals surface area contributed by atoms with Crippen molar-refractivity contribution in [2.75, 3.05) is 5.01 Å². The number of imide groups is 1. The summed E-state index contributed by atoms with van der Waals surface area (Å²) in [5, 5.41) is 0.833. The number of piperidine rings is 1. The summed E-state index contributed by atoms with van der Waals surface area (Å²) in [4.78, 5) is 51.0. The summed E-state index contributed by atoms with van der Waals surface area (Å²) in [6.07, 6.45) is 4.07. The fourth-order valence-electron chi connectivity index (χ4n) is 3.54. The highest BCUT2D eigenvalue weighted by Gasteiger charge is 2.47. The third-order valence-electron chi connectivity index (χ3n) is 4.90. The molecule has 1 heterocycles. The van der Waals surface area contributed by atoms with Gasteiger partial charge in [0.05, 0.1) is 5.69 Å². The van der Waals surface area contributed by atoms with Crippen LogP contribution in [0.15, 0.2) is 30.3 Å². The number of ketones is 1. The van der Waals surface area contributed by atoms with Crippen molar-refractivity contribution in [1.82, 2.24) is 4.90 Å². The molecule has 25 heavy (non-hydrogen) atoms. The Bertz CT molecular complexity index is 698. The number of carbonyl (C=O) groups excluding carboxylic acids is 4. The van der Waals surface area contributed by atoms with Crippen molar-refractivity contribution in [3.63, 3.8) is 0 Å². The Morgan fingerprint density at radius 3 is 2.32 bits per heavy atom. The molecule has 7 heteroatoms. The summed E-state index contributed by atoms with van der Waals surface area (Å²) < 4.78 is 0. The SMILES string of the molecule is NN(C(=O)[C@@H]1CC(=O)N(C2CCCCC2)C(=O)C1=O)c1ccccc1. The number of carbonyl (C=O) groups is 4. The summed E-state index contributed by atoms with van der Waals surface area (Å²) in [5.74, 6) is 1.54. The average molecular weight is 343 g/mol. The number of rotatable bonds is 3. The third-order valence-corrected chi connectivity index (χ3v) is 4.90. The molecule has 2 N–H and O–H groups in total. The first-order chi connectivity index (χ1) is 12.0. The van der Waals surface area contributed by atoms with Crippen molar-refractivity contribution in [3.05, 3.63) is 30.3 Å². The molecule has 7 nitrogen and oxygen atoms in total. The quantitative estimate of drug-likeness (QED) is 0.222. The Hall–Kier alpha value is -2.54. The van der Waals surface area contributed by atoms with Crippen molar-refractivity contribution < 1.29 is 19.2 Å². The Kier molecular flexibility index (Phi) is 4.94. The maximum Gasteiger partial charge on any atom is 0.297 e. The van der Waals surface area contributed by atoms with Crippen LogP contribution in [0.1, 0.15) is 38.5 Å². The molecular formula is C18H21N3O4. The van der Waals surface area contributed by atoms with E-state index < -0.39 is 29.4 Å². The van der Waals surface area contributed by atoms with E-state index in [0.717, 1.165) is 42.0 Å². The average Bonchev–Trinajstić information content (AvgIpc) is 2.65. The molecule has 3 amide bonds. The Morgan fingerprint density at radius 2 is 1.68 bits per heavy atom. The van der Waals surface area contributed by atoms with Crippen LogP contribution in [-0.2, 0) is 19.2 Å². The van der Waals surface area contributed by atoms with Gasteiger partial charge in [-0.2, -0.15) is 0 Å². The second-order valence-corrected chi connectivity index (χ2v) is 6.53. The molecule has 3 rings (SSSR count). The lowest BCUT2D eigenvalue weighted by Gasteiger charge is -2.36. The number of amides is 3. The Labute approximate surface area is 145 Å². The molecule has 1 saturated heterocycles. The second-order valence-electron chi connectivity index (χ2n) is 6.53. The van der Waals surface area contributed by atoms with Crippen LogP contribution in [0, 0.1) is 5.92 Å². The molecule has 0 radical (unpaired) electrons. The van der Waals surface area contributed by atoms with Crippen LogP contribution in [0.3, 0.4) is 0 Å². The topological polar surface area (TPSA) is 101 Å². The number of benzene rings is 1. The van der Waals surface area contributed by atoms with E-state index in [-0.39, 0.29) is 12.5 Å². The minimum Gasteiger partial charge on any atom is -0.288 e. The Morgan fingerprint density at radius 1 is 1.04 bits per heavy atom. The minimum atomic E-state index is -1.34. The van der Waals surface area contributed by atoms with Gasteiger partial charge in [0.25, 0.3) is 11.8 Å². The Balaban J connectivity index is 1.76. The van der Waals surface area contributed by atoms with Gasteiger partial charge in [-0.25, -0.2) is 10.9 Å². The van der Waals surface area contributed by atoms with Crippen molar-refractivity contribution >= 4 is 29.2 Å². The predicted molar refractivity (Wildman–Crippen MR) is 90.0 cm³/mol. The predicted octanol–water partition coefficient (Wildman–Crippen LogP) is 1.17. The molecule has 0 spiro atoms. The standard InChI is InChI=1S/C18H21N3O4/c19-21(13-9-5-2-6-10-13)17(24)14-11-15(22)20(18(25)16(14)23)12-7-3-1-4-8-12/h2,5-6,9-10,12,14H,1,3-4,7-8,11,19H2/t14-/m1/s1. The number of hydrogen-bond acceptors (Lipinski definition) is 5. The van der Waals surface area contributed by atoms with Crippen LogP contribution in [-0.4, -0.2) is 34.4 Å². The number of hydrogen-bond donors (Lipinski definition) is 1. The van der Waals surface area contributed by atoms with Gasteiger partial charge in [0.15, 0.2) is 0 Å². The van der Waals surface area contributed by atoms with E-state index in [1.165, 1.54) is 0 Å². The molecular weight excluding hydrogens is 322 g/mol. The van der Waals surface area contributed by atoms with E-state index in [2.05, 4.69) is 0 Å². The van der Waals surface area contributed by atoms with Crippen molar-refractivity contribution in [2.24, 2.45) is 11.8 Å². The second kappa shape index (κ2) is 7.14. The first kappa shape index (κ1) is 17.3. The van der Waals surface area contributed by atoms with Crippen molar-refractivity contribution in [2.45, 2.75) is 44.6 Å². The van der Waals surface area contributed by atoms with Gasteiger partial charge < -0.3 is 0 Å². The van der Waals surface area contributed by atoms with Crippen molar-refractivity contribution in [1.29, 1.82) is 0 Å². The van der Waals surface area contributed by atoms with Gasteiger partial charge in [0.2, 0.25) is 11.7 Å². The van der Waals surface area contributed by atoms with Gasteiger partial charge in [-0.1, -0.05) is 37.5 Å². The molecule has 132 valence electrons. The summed E-state index contributed by atoms with van der Waals surface area (Å²) >= 11 is 0. The molecule has 0 unspecified atom stereocenters. The van der Waals surface area contributed by atoms with E-state index >= 15 is 0 Å². The van der Waals surface area contributed by atoms with Gasteiger partial charge in [-0.15, -0.1) is 0 Å². The zero-order chi connectivity index (χ0) is 18.0. The van der Waals surface area contributed by atoms with E-state index in [0.29, 0.717) is 5.69 Å². The highest BCUT2D eigenvalue weighted by Crippen LogP contribution is 2.28. The molecule has 1 aliphatic heterocycles. The smallest absolute Gasteiger partial charge is 0.288 e. The lowest BCUT2D eigenvalue weighted by molar-refractivity contribution is -0.163. The molecule has 0 aromatic heterocycles. The van der Waals surface area contributed by atoms with Crippen LogP contribution in [0.4, 0.5) is 5.69 Å². The summed E-state index contributed by atoms with van der Waals surface area (Å²) in [6, 6.07) is 8.17. The number of Topliss-reactive ketones (excluding diaryl/α,β-unsaturated/α-hetero) is 1. The summed E-state index contributed by atoms with van der Waals surface area (Å²) in [7, 11) is 0. The third kappa shape index (κ3) is 3.32. The van der Waals surface area contributed by atoms with E-state index in [1.54, 1.807) is 30.3 Å². The molecule has 0 bridgehead atoms. The number of likely N-dealkylation sites (tertiary alicyclic amines) is 1. The molecule has 1 saturated carbocycles. The molecule has 1 aromatic carbocycles. The van der Waals surface area contributed by atoms with Crippen LogP contribution < -0.4 is 10.9 Å². The summed E-state index contributed by atoms with van der Waals surface area (Å²) in [5.41, 5.74) is 0.398. The number of hydrazine groups is 1. The zero-order valence-corrected chi connectivity index (χ0v) is 13.9. The summed E-state index contributed by atoms with van der Waals surface area (Å²) in [6.45, 7) is 0. The van der Waals surface area contributed by atoms with Crippen LogP contribution in [0.25, 0.3) is 0 Å². The lowest BCUT2D eigenvalue weighted by atomic mass is 9.88. The van der Waals surface area contributed by atoms with Crippen LogP contribution >= 0.6 is 0 Å².